The number of aromatic nitrogens is 1. The van der Waals surface area contributed by atoms with Crippen molar-refractivity contribution in [3.05, 3.63) is 46.3 Å². The second-order valence-electron chi connectivity index (χ2n) is 3.65. The predicted octanol–water partition coefficient (Wildman–Crippen LogP) is 2.69. The van der Waals surface area contributed by atoms with E-state index in [1.807, 2.05) is 24.4 Å². The maximum Gasteiger partial charge on any atom is 0.331 e. The quantitative estimate of drug-likeness (QED) is 0.873. The Morgan fingerprint density at radius 2 is 2.29 bits per heavy atom. The molecule has 2 heterocycles. The number of hydrogen-bond acceptors (Lipinski definition) is 4. The highest BCUT2D eigenvalue weighted by atomic mass is 32.1. The van der Waals surface area contributed by atoms with Gasteiger partial charge >= 0.3 is 5.97 Å². The molecule has 0 saturated carbocycles. The van der Waals surface area contributed by atoms with Crippen molar-refractivity contribution in [1.29, 1.82) is 0 Å². The monoisotopic (exact) mass is 248 g/mol. The van der Waals surface area contributed by atoms with Gasteiger partial charge in [-0.15, -0.1) is 11.3 Å². The Hall–Kier alpha value is -1.88. The molecule has 4 nitrogen and oxygen atoms in total. The zero-order chi connectivity index (χ0) is 12.3. The molecule has 2 aromatic heterocycles. The summed E-state index contributed by atoms with van der Waals surface area (Å²) in [5, 5.41) is 13.9. The lowest BCUT2D eigenvalue weighted by Crippen LogP contribution is -2.19. The zero-order valence-corrected chi connectivity index (χ0v) is 10.1. The van der Waals surface area contributed by atoms with Crippen LogP contribution in [0.2, 0.25) is 0 Å². The molecular weight excluding hydrogens is 236 g/mol. The molecule has 5 heteroatoms. The minimum absolute atomic E-state index is 0.566. The van der Waals surface area contributed by atoms with Gasteiger partial charge in [0.1, 0.15) is 5.82 Å². The SMILES string of the molecule is Cc1ccc(NC(C(=O)O)c2cccs2)nc1. The number of carboxylic acids is 1. The lowest BCUT2D eigenvalue weighted by Gasteiger charge is -2.13. The van der Waals surface area contributed by atoms with Gasteiger partial charge in [0.2, 0.25) is 0 Å². The number of aliphatic carboxylic acids is 1. The summed E-state index contributed by atoms with van der Waals surface area (Å²) in [6.45, 7) is 1.94. The van der Waals surface area contributed by atoms with Gasteiger partial charge in [-0.3, -0.25) is 0 Å². The third-order valence-corrected chi connectivity index (χ3v) is 3.22. The molecule has 0 aliphatic heterocycles. The Labute approximate surface area is 103 Å². The molecule has 0 radical (unpaired) electrons. The van der Waals surface area contributed by atoms with Crippen LogP contribution in [0.5, 0.6) is 0 Å². The van der Waals surface area contributed by atoms with E-state index in [1.54, 1.807) is 18.3 Å². The van der Waals surface area contributed by atoms with Crippen LogP contribution in [0.4, 0.5) is 5.82 Å². The first-order valence-electron chi connectivity index (χ1n) is 5.12. The first-order valence-corrected chi connectivity index (χ1v) is 6.00. The molecule has 2 aromatic rings. The maximum absolute atomic E-state index is 11.2. The topological polar surface area (TPSA) is 62.2 Å². The normalized spacial score (nSPS) is 12.1. The molecule has 0 amide bonds. The Bertz CT molecular complexity index is 494. The first-order chi connectivity index (χ1) is 8.16. The molecule has 0 saturated heterocycles. The zero-order valence-electron chi connectivity index (χ0n) is 9.25. The van der Waals surface area contributed by atoms with E-state index in [9.17, 15) is 9.90 Å². The molecule has 1 atom stereocenters. The van der Waals surface area contributed by atoms with Gasteiger partial charge in [-0.2, -0.15) is 0 Å². The molecule has 17 heavy (non-hydrogen) atoms. The number of nitrogens with one attached hydrogen (secondary N) is 1. The smallest absolute Gasteiger partial charge is 0.331 e. The summed E-state index contributed by atoms with van der Waals surface area (Å²) in [6.07, 6.45) is 1.70. The second-order valence-corrected chi connectivity index (χ2v) is 4.63. The third-order valence-electron chi connectivity index (χ3n) is 2.28. The summed E-state index contributed by atoms with van der Waals surface area (Å²) < 4.78 is 0. The van der Waals surface area contributed by atoms with Crippen molar-refractivity contribution >= 4 is 23.1 Å². The number of anilines is 1. The van der Waals surface area contributed by atoms with E-state index in [0.29, 0.717) is 5.82 Å². The summed E-state index contributed by atoms with van der Waals surface area (Å²) in [5.41, 5.74) is 1.04. The van der Waals surface area contributed by atoms with E-state index < -0.39 is 12.0 Å². The highest BCUT2D eigenvalue weighted by molar-refractivity contribution is 7.10. The van der Waals surface area contributed by atoms with Crippen LogP contribution < -0.4 is 5.32 Å². The largest absolute Gasteiger partial charge is 0.479 e. The van der Waals surface area contributed by atoms with Crippen molar-refractivity contribution in [2.45, 2.75) is 13.0 Å². The highest BCUT2D eigenvalue weighted by Crippen LogP contribution is 2.23. The van der Waals surface area contributed by atoms with E-state index in [4.69, 9.17) is 0 Å². The van der Waals surface area contributed by atoms with Crippen LogP contribution in [-0.4, -0.2) is 16.1 Å². The van der Waals surface area contributed by atoms with Crippen molar-refractivity contribution in [1.82, 2.24) is 4.98 Å². The van der Waals surface area contributed by atoms with Crippen LogP contribution in [0.3, 0.4) is 0 Å². The van der Waals surface area contributed by atoms with Crippen LogP contribution in [0.25, 0.3) is 0 Å². The number of carbonyl (C=O) groups is 1. The van der Waals surface area contributed by atoms with Crippen LogP contribution in [0, 0.1) is 6.92 Å². The van der Waals surface area contributed by atoms with Gasteiger partial charge < -0.3 is 10.4 Å². The second kappa shape index (κ2) is 4.97. The molecule has 2 N–H and O–H groups in total. The summed E-state index contributed by atoms with van der Waals surface area (Å²) in [5.74, 6) is -0.341. The van der Waals surface area contributed by atoms with Crippen LogP contribution >= 0.6 is 11.3 Å². The average molecular weight is 248 g/mol. The molecule has 0 aliphatic carbocycles. The molecule has 1 unspecified atom stereocenters. The maximum atomic E-state index is 11.2. The summed E-state index contributed by atoms with van der Waals surface area (Å²) >= 11 is 1.41. The molecule has 0 aliphatic rings. The van der Waals surface area contributed by atoms with Crippen molar-refractivity contribution in [2.24, 2.45) is 0 Å². The number of thiophene rings is 1. The van der Waals surface area contributed by atoms with Gasteiger partial charge in [-0.05, 0) is 30.0 Å². The fourth-order valence-electron chi connectivity index (χ4n) is 1.41. The summed E-state index contributed by atoms with van der Waals surface area (Å²) in [4.78, 5) is 16.1. The van der Waals surface area contributed by atoms with Crippen molar-refractivity contribution in [3.8, 4) is 0 Å². The standard InChI is InChI=1S/C12H12N2O2S/c1-8-4-5-10(13-7-8)14-11(12(15)16)9-3-2-6-17-9/h2-7,11H,1H3,(H,13,14)(H,15,16). The lowest BCUT2D eigenvalue weighted by molar-refractivity contribution is -0.138. The number of rotatable bonds is 4. The first kappa shape index (κ1) is 11.6. The van der Waals surface area contributed by atoms with Gasteiger partial charge in [-0.25, -0.2) is 9.78 Å². The summed E-state index contributed by atoms with van der Waals surface area (Å²) in [7, 11) is 0. The van der Waals surface area contributed by atoms with Gasteiger partial charge in [0.05, 0.1) is 0 Å². The number of nitrogens with zero attached hydrogens (tertiary/aromatic N) is 1. The predicted molar refractivity (Wildman–Crippen MR) is 67.3 cm³/mol. The van der Waals surface area contributed by atoms with Gasteiger partial charge in [-0.1, -0.05) is 12.1 Å². The minimum Gasteiger partial charge on any atom is -0.479 e. The van der Waals surface area contributed by atoms with E-state index >= 15 is 0 Å². The lowest BCUT2D eigenvalue weighted by atomic mass is 10.2. The van der Waals surface area contributed by atoms with E-state index in [0.717, 1.165) is 10.4 Å². The van der Waals surface area contributed by atoms with Crippen molar-refractivity contribution < 1.29 is 9.90 Å². The van der Waals surface area contributed by atoms with E-state index in [1.165, 1.54) is 11.3 Å². The summed E-state index contributed by atoms with van der Waals surface area (Å²) in [6, 6.07) is 6.55. The van der Waals surface area contributed by atoms with Crippen LogP contribution in [0.1, 0.15) is 16.5 Å². The molecule has 0 aromatic carbocycles. The van der Waals surface area contributed by atoms with Gasteiger partial charge in [0, 0.05) is 11.1 Å². The van der Waals surface area contributed by atoms with Gasteiger partial charge in [0.25, 0.3) is 0 Å². The average Bonchev–Trinajstić information content (AvgIpc) is 2.81. The van der Waals surface area contributed by atoms with Gasteiger partial charge in [0.15, 0.2) is 6.04 Å². The highest BCUT2D eigenvalue weighted by Gasteiger charge is 2.20. The number of pyridine rings is 1. The molecular formula is C12H12N2O2S. The van der Waals surface area contributed by atoms with Crippen molar-refractivity contribution in [2.75, 3.05) is 5.32 Å². The molecule has 0 bridgehead atoms. The Morgan fingerprint density at radius 3 is 2.82 bits per heavy atom. The Morgan fingerprint density at radius 1 is 1.47 bits per heavy atom. The minimum atomic E-state index is -0.908. The number of carboxylic acid groups (broad SMARTS) is 1. The van der Waals surface area contributed by atoms with Crippen LogP contribution in [-0.2, 0) is 4.79 Å². The fourth-order valence-corrected chi connectivity index (χ4v) is 2.18. The molecule has 0 spiro atoms. The third kappa shape index (κ3) is 2.82. The number of aryl methyl sites for hydroxylation is 1. The van der Waals surface area contributed by atoms with E-state index in [2.05, 4.69) is 10.3 Å². The Kier molecular flexibility index (Phi) is 3.39. The van der Waals surface area contributed by atoms with E-state index in [-0.39, 0.29) is 0 Å². The fraction of sp³-hybridized carbons (Fsp3) is 0.167. The van der Waals surface area contributed by atoms with Crippen LogP contribution in [0.15, 0.2) is 35.8 Å². The molecule has 88 valence electrons. The molecule has 0 fully saturated rings. The van der Waals surface area contributed by atoms with Crippen molar-refractivity contribution in [3.63, 3.8) is 0 Å². The Balaban J connectivity index is 2.19. The number of hydrogen-bond donors (Lipinski definition) is 2. The molecule has 2 rings (SSSR count).